The minimum Gasteiger partial charge on any atom is -0.455 e. The van der Waals surface area contributed by atoms with E-state index >= 15 is 0 Å². The van der Waals surface area contributed by atoms with E-state index in [1.165, 1.54) is 0 Å². The van der Waals surface area contributed by atoms with Crippen LogP contribution in [0.25, 0.3) is 22.3 Å². The van der Waals surface area contributed by atoms with Crippen molar-refractivity contribution in [3.8, 4) is 17.4 Å². The first-order valence-corrected chi connectivity index (χ1v) is 10.2. The molecule has 0 fully saturated rings. The molecule has 1 unspecified atom stereocenters. The minimum absolute atomic E-state index is 0.0797. The number of nitriles is 1. The van der Waals surface area contributed by atoms with Crippen molar-refractivity contribution in [3.63, 3.8) is 0 Å². The summed E-state index contributed by atoms with van der Waals surface area (Å²) in [5, 5.41) is 13.6. The highest BCUT2D eigenvalue weighted by Gasteiger charge is 2.19. The Morgan fingerprint density at radius 1 is 1.16 bits per heavy atom. The molecule has 1 N–H and O–H groups in total. The van der Waals surface area contributed by atoms with E-state index in [-0.39, 0.29) is 11.5 Å². The number of halogens is 1. The van der Waals surface area contributed by atoms with Crippen molar-refractivity contribution >= 4 is 28.3 Å². The fourth-order valence-corrected chi connectivity index (χ4v) is 3.80. The predicted octanol–water partition coefficient (Wildman–Crippen LogP) is 6.17. The molecule has 2 heterocycles. The van der Waals surface area contributed by atoms with E-state index in [1.807, 2.05) is 38.1 Å². The van der Waals surface area contributed by atoms with Crippen molar-refractivity contribution in [2.45, 2.75) is 26.8 Å². The molecule has 154 valence electrons. The second kappa shape index (κ2) is 8.25. The number of aromatic nitrogens is 1. The van der Waals surface area contributed by atoms with Crippen molar-refractivity contribution in [2.75, 3.05) is 5.32 Å². The van der Waals surface area contributed by atoms with Crippen LogP contribution in [0.2, 0.25) is 5.15 Å². The zero-order valence-corrected chi connectivity index (χ0v) is 18.1. The summed E-state index contributed by atoms with van der Waals surface area (Å²) in [5.74, 6) is 0.472. The van der Waals surface area contributed by atoms with Gasteiger partial charge in [0, 0.05) is 16.7 Å². The average molecular weight is 430 g/mol. The molecule has 1 atom stereocenters. The smallest absolute Gasteiger partial charge is 0.196 e. The van der Waals surface area contributed by atoms with Gasteiger partial charge >= 0.3 is 0 Å². The third kappa shape index (κ3) is 4.03. The lowest BCUT2D eigenvalue weighted by atomic mass is 9.98. The first-order valence-electron chi connectivity index (χ1n) is 9.84. The van der Waals surface area contributed by atoms with Crippen molar-refractivity contribution in [1.82, 2.24) is 4.98 Å². The van der Waals surface area contributed by atoms with E-state index < -0.39 is 0 Å². The van der Waals surface area contributed by atoms with Gasteiger partial charge in [0.1, 0.15) is 16.5 Å². The van der Waals surface area contributed by atoms with Gasteiger partial charge in [0.05, 0.1) is 34.9 Å². The SMILES string of the molecule is Cc1cc(C(C)Nc2ccc(Cl)nc2)c2oc(-c3cccc(C#N)c3)c(C)c(=O)c2c1. The summed E-state index contributed by atoms with van der Waals surface area (Å²) in [6, 6.07) is 16.5. The Bertz CT molecular complexity index is 1390. The van der Waals surface area contributed by atoms with Gasteiger partial charge < -0.3 is 9.73 Å². The summed E-state index contributed by atoms with van der Waals surface area (Å²) in [6.45, 7) is 5.71. The normalized spacial score (nSPS) is 11.8. The van der Waals surface area contributed by atoms with Crippen LogP contribution in [0.5, 0.6) is 0 Å². The van der Waals surface area contributed by atoms with E-state index in [1.54, 1.807) is 37.4 Å². The summed E-state index contributed by atoms with van der Waals surface area (Å²) < 4.78 is 6.34. The average Bonchev–Trinajstić information content (AvgIpc) is 2.77. The van der Waals surface area contributed by atoms with Crippen LogP contribution < -0.4 is 10.7 Å². The standard InChI is InChI=1S/C25H20ClN3O2/c1-14-9-20(16(3)29-19-7-8-22(26)28-13-19)25-21(10-14)23(30)15(2)24(31-25)18-6-4-5-17(11-18)12-27/h4-11,13,16,29H,1-3H3. The summed E-state index contributed by atoms with van der Waals surface area (Å²) in [6.07, 6.45) is 1.66. The topological polar surface area (TPSA) is 78.9 Å². The number of aryl methyl sites for hydroxylation is 1. The number of rotatable bonds is 4. The molecule has 4 rings (SSSR count). The molecule has 31 heavy (non-hydrogen) atoms. The maximum atomic E-state index is 13.2. The molecule has 0 aliphatic rings. The summed E-state index contributed by atoms with van der Waals surface area (Å²) in [5.41, 5.74) is 4.81. The molecule has 0 bridgehead atoms. The van der Waals surface area contributed by atoms with Crippen LogP contribution in [0.1, 0.15) is 35.2 Å². The number of nitrogens with zero attached hydrogens (tertiary/aromatic N) is 2. The number of benzene rings is 2. The van der Waals surface area contributed by atoms with Crippen LogP contribution in [0.4, 0.5) is 5.69 Å². The quantitative estimate of drug-likeness (QED) is 0.392. The maximum Gasteiger partial charge on any atom is 0.196 e. The van der Waals surface area contributed by atoms with Gasteiger partial charge in [0.15, 0.2) is 5.43 Å². The van der Waals surface area contributed by atoms with Gasteiger partial charge in [-0.1, -0.05) is 29.8 Å². The van der Waals surface area contributed by atoms with Crippen LogP contribution in [0, 0.1) is 25.2 Å². The molecule has 0 aliphatic carbocycles. The zero-order valence-electron chi connectivity index (χ0n) is 17.4. The van der Waals surface area contributed by atoms with Gasteiger partial charge in [-0.15, -0.1) is 0 Å². The Morgan fingerprint density at radius 2 is 1.97 bits per heavy atom. The van der Waals surface area contributed by atoms with E-state index in [2.05, 4.69) is 16.4 Å². The Balaban J connectivity index is 1.89. The van der Waals surface area contributed by atoms with Crippen molar-refractivity contribution in [1.29, 1.82) is 5.26 Å². The summed E-state index contributed by atoms with van der Waals surface area (Å²) in [4.78, 5) is 17.3. The van der Waals surface area contributed by atoms with Crippen LogP contribution in [0.15, 0.2) is 63.9 Å². The maximum absolute atomic E-state index is 13.2. The van der Waals surface area contributed by atoms with E-state index in [4.69, 9.17) is 16.0 Å². The number of fused-ring (bicyclic) bond motifs is 1. The molecule has 6 heteroatoms. The number of anilines is 1. The number of hydrogen-bond donors (Lipinski definition) is 1. The third-order valence-electron chi connectivity index (χ3n) is 5.22. The fourth-order valence-electron chi connectivity index (χ4n) is 3.68. The molecule has 0 saturated heterocycles. The third-order valence-corrected chi connectivity index (χ3v) is 5.45. The van der Waals surface area contributed by atoms with Gasteiger partial charge in [-0.3, -0.25) is 4.79 Å². The molecule has 0 spiro atoms. The molecule has 0 radical (unpaired) electrons. The highest BCUT2D eigenvalue weighted by Crippen LogP contribution is 2.32. The number of nitrogens with one attached hydrogen (secondary N) is 1. The van der Waals surface area contributed by atoms with Crippen molar-refractivity contribution in [2.24, 2.45) is 0 Å². The molecule has 5 nitrogen and oxygen atoms in total. The second-order valence-electron chi connectivity index (χ2n) is 7.54. The first-order chi connectivity index (χ1) is 14.9. The van der Waals surface area contributed by atoms with Gasteiger partial charge in [-0.05, 0) is 56.7 Å². The van der Waals surface area contributed by atoms with Gasteiger partial charge in [-0.2, -0.15) is 5.26 Å². The number of pyridine rings is 1. The molecular weight excluding hydrogens is 410 g/mol. The van der Waals surface area contributed by atoms with Crippen LogP contribution >= 0.6 is 11.6 Å². The molecular formula is C25H20ClN3O2. The van der Waals surface area contributed by atoms with Crippen LogP contribution in [0.3, 0.4) is 0 Å². The van der Waals surface area contributed by atoms with Crippen molar-refractivity contribution < 1.29 is 4.42 Å². The Labute approximate surface area is 184 Å². The minimum atomic E-state index is -0.158. The van der Waals surface area contributed by atoms with Crippen LogP contribution in [-0.2, 0) is 0 Å². The molecule has 0 aliphatic heterocycles. The Hall–Kier alpha value is -3.62. The lowest BCUT2D eigenvalue weighted by Gasteiger charge is -2.18. The largest absolute Gasteiger partial charge is 0.455 e. The van der Waals surface area contributed by atoms with E-state index in [9.17, 15) is 10.1 Å². The van der Waals surface area contributed by atoms with E-state index in [0.717, 1.165) is 16.8 Å². The van der Waals surface area contributed by atoms with Gasteiger partial charge in [0.2, 0.25) is 0 Å². The highest BCUT2D eigenvalue weighted by atomic mass is 35.5. The van der Waals surface area contributed by atoms with Crippen molar-refractivity contribution in [3.05, 3.63) is 92.4 Å². The van der Waals surface area contributed by atoms with E-state index in [0.29, 0.717) is 38.6 Å². The molecule has 4 aromatic rings. The fraction of sp³-hybridized carbons (Fsp3) is 0.160. The molecule has 0 amide bonds. The lowest BCUT2D eigenvalue weighted by Crippen LogP contribution is -2.12. The second-order valence-corrected chi connectivity index (χ2v) is 7.93. The predicted molar refractivity (Wildman–Crippen MR) is 123 cm³/mol. The first kappa shape index (κ1) is 20.6. The molecule has 0 saturated carbocycles. The summed E-state index contributed by atoms with van der Waals surface area (Å²) in [7, 11) is 0. The molecule has 2 aromatic heterocycles. The Morgan fingerprint density at radius 3 is 2.68 bits per heavy atom. The summed E-state index contributed by atoms with van der Waals surface area (Å²) >= 11 is 5.88. The Kier molecular flexibility index (Phi) is 5.50. The van der Waals surface area contributed by atoms with Crippen LogP contribution in [-0.4, -0.2) is 4.98 Å². The number of hydrogen-bond acceptors (Lipinski definition) is 5. The zero-order chi connectivity index (χ0) is 22.1. The molecule has 2 aromatic carbocycles. The monoisotopic (exact) mass is 429 g/mol. The van der Waals surface area contributed by atoms with Gasteiger partial charge in [0.25, 0.3) is 0 Å². The van der Waals surface area contributed by atoms with Gasteiger partial charge in [-0.25, -0.2) is 4.98 Å². The highest BCUT2D eigenvalue weighted by molar-refractivity contribution is 6.29. The lowest BCUT2D eigenvalue weighted by molar-refractivity contribution is 0.605.